The number of nitrogens with two attached hydrogens (primary N) is 2. The first-order chi connectivity index (χ1) is 26.4. The molecule has 55 heavy (non-hydrogen) atoms. The summed E-state index contributed by atoms with van der Waals surface area (Å²) in [6.45, 7) is 11.4. The summed E-state index contributed by atoms with van der Waals surface area (Å²) in [5.41, 5.74) is 15.7. The fourth-order valence-corrected chi connectivity index (χ4v) is 6.34. The minimum atomic E-state index is -0.658. The predicted octanol–water partition coefficient (Wildman–Crippen LogP) is 4.14. The van der Waals surface area contributed by atoms with Crippen LogP contribution in [-0.4, -0.2) is 73.8 Å². The molecule has 286 valence electrons. The lowest BCUT2D eigenvalue weighted by Crippen LogP contribution is -2.20. The maximum Gasteiger partial charge on any atom is 0.276 e. The van der Waals surface area contributed by atoms with Gasteiger partial charge in [0.1, 0.15) is 34.0 Å². The highest BCUT2D eigenvalue weighted by Crippen LogP contribution is 2.30. The van der Waals surface area contributed by atoms with E-state index in [-0.39, 0.29) is 42.4 Å². The summed E-state index contributed by atoms with van der Waals surface area (Å²) in [5, 5.41) is 11.7. The molecule has 0 radical (unpaired) electrons. The van der Waals surface area contributed by atoms with E-state index >= 15 is 0 Å². The van der Waals surface area contributed by atoms with Gasteiger partial charge in [-0.05, 0) is 64.4 Å². The van der Waals surface area contributed by atoms with Gasteiger partial charge in [-0.15, -0.1) is 0 Å². The average Bonchev–Trinajstić information content (AvgIpc) is 3.92. The van der Waals surface area contributed by atoms with Crippen LogP contribution in [0.25, 0.3) is 22.2 Å². The molecule has 1 aromatic carbocycles. The van der Waals surface area contributed by atoms with E-state index in [1.165, 1.54) is 12.3 Å². The number of allylic oxidation sites excluding steroid dienone is 2. The van der Waals surface area contributed by atoms with Gasteiger partial charge in [-0.2, -0.15) is 10.2 Å². The van der Waals surface area contributed by atoms with Crippen molar-refractivity contribution in [1.29, 1.82) is 0 Å². The quantitative estimate of drug-likeness (QED) is 0.0686. The van der Waals surface area contributed by atoms with Crippen molar-refractivity contribution in [3.05, 3.63) is 88.4 Å². The summed E-state index contributed by atoms with van der Waals surface area (Å²) in [7, 11) is 0. The number of hydrogen-bond acceptors (Lipinski definition) is 10. The Balaban J connectivity index is 1.38. The zero-order valence-electron chi connectivity index (χ0n) is 31.5. The molecule has 0 bridgehead atoms. The first-order valence-corrected chi connectivity index (χ1v) is 18.1. The van der Waals surface area contributed by atoms with Gasteiger partial charge in [0.05, 0.1) is 35.5 Å². The summed E-state index contributed by atoms with van der Waals surface area (Å²) in [6.07, 6.45) is 6.75. The lowest BCUT2D eigenvalue weighted by Gasteiger charge is -2.12. The van der Waals surface area contributed by atoms with E-state index in [0.29, 0.717) is 70.5 Å². The van der Waals surface area contributed by atoms with Crippen molar-refractivity contribution in [2.45, 2.75) is 80.1 Å². The topological polar surface area (TPSA) is 226 Å². The Bertz CT molecular complexity index is 2470. The van der Waals surface area contributed by atoms with Gasteiger partial charge < -0.3 is 20.8 Å². The number of ketones is 1. The molecular formula is C38H44N12O5. The number of carbonyl (C=O) groups is 4. The number of carbonyl (C=O) groups excluding carboxylic acids is 4. The highest BCUT2D eigenvalue weighted by Gasteiger charge is 2.23. The first-order valence-electron chi connectivity index (χ1n) is 18.1. The molecule has 0 aliphatic carbocycles. The number of nitrogens with zero attached hydrogens (tertiary/aromatic N) is 9. The highest BCUT2D eigenvalue weighted by molar-refractivity contribution is 6.03. The number of aryl methyl sites for hydroxylation is 4. The molecule has 3 amide bonds. The molecule has 5 heterocycles. The van der Waals surface area contributed by atoms with Crippen LogP contribution in [-0.2, 0) is 32.6 Å². The van der Waals surface area contributed by atoms with E-state index < -0.39 is 17.7 Å². The van der Waals surface area contributed by atoms with Crippen LogP contribution in [0.4, 0.5) is 5.95 Å². The third-order valence-corrected chi connectivity index (χ3v) is 9.00. The monoisotopic (exact) mass is 748 g/mol. The molecule has 17 nitrogen and oxygen atoms in total. The summed E-state index contributed by atoms with van der Waals surface area (Å²) in [4.78, 5) is 65.3. The molecular weight excluding hydrogens is 704 g/mol. The number of benzene rings is 1. The fraction of sp³-hybridized carbons (Fsp3) is 0.342. The molecule has 6 aromatic rings. The van der Waals surface area contributed by atoms with Crippen LogP contribution in [0.5, 0.6) is 5.75 Å². The summed E-state index contributed by atoms with van der Waals surface area (Å²) in [6, 6.07) is 8.18. The van der Waals surface area contributed by atoms with Crippen molar-refractivity contribution in [3.63, 3.8) is 0 Å². The Morgan fingerprint density at radius 3 is 2.09 bits per heavy atom. The molecule has 5 aromatic heterocycles. The number of imidazole rings is 2. The number of pyridine rings is 1. The van der Waals surface area contributed by atoms with Gasteiger partial charge in [0, 0.05) is 37.9 Å². The van der Waals surface area contributed by atoms with Crippen molar-refractivity contribution in [2.24, 2.45) is 11.5 Å². The molecule has 0 saturated heterocycles. The normalized spacial score (nSPS) is 11.6. The largest absolute Gasteiger partial charge is 0.491 e. The second-order valence-corrected chi connectivity index (χ2v) is 13.0. The van der Waals surface area contributed by atoms with Crippen LogP contribution >= 0.6 is 0 Å². The van der Waals surface area contributed by atoms with Crippen LogP contribution < -0.4 is 21.5 Å². The van der Waals surface area contributed by atoms with E-state index in [9.17, 15) is 19.2 Å². The minimum absolute atomic E-state index is 0.0454. The van der Waals surface area contributed by atoms with Crippen LogP contribution in [0.3, 0.4) is 0 Å². The minimum Gasteiger partial charge on any atom is -0.491 e. The van der Waals surface area contributed by atoms with Gasteiger partial charge in [0.2, 0.25) is 17.8 Å². The zero-order valence-corrected chi connectivity index (χ0v) is 31.5. The predicted molar refractivity (Wildman–Crippen MR) is 205 cm³/mol. The Labute approximate surface area is 316 Å². The molecule has 6 rings (SSSR count). The number of ether oxygens (including phenoxy) is 1. The maximum absolute atomic E-state index is 13.7. The maximum atomic E-state index is 13.7. The summed E-state index contributed by atoms with van der Waals surface area (Å²) in [5.74, 6) is -0.784. The highest BCUT2D eigenvalue weighted by atomic mass is 16.5. The second-order valence-electron chi connectivity index (χ2n) is 13.0. The van der Waals surface area contributed by atoms with Crippen molar-refractivity contribution >= 4 is 51.7 Å². The van der Waals surface area contributed by atoms with E-state index in [1.807, 2.05) is 44.4 Å². The van der Waals surface area contributed by atoms with Gasteiger partial charge >= 0.3 is 0 Å². The molecule has 0 aliphatic heterocycles. The number of aromatic nitrogens is 9. The lowest BCUT2D eigenvalue weighted by atomic mass is 10.1. The molecule has 0 spiro atoms. The van der Waals surface area contributed by atoms with Gasteiger partial charge in [0.15, 0.2) is 11.4 Å². The summed E-state index contributed by atoms with van der Waals surface area (Å²) >= 11 is 0. The number of amides is 3. The number of fused-ring (bicyclic) bond motifs is 2. The number of primary amides is 2. The van der Waals surface area contributed by atoms with E-state index in [2.05, 4.69) is 25.5 Å². The van der Waals surface area contributed by atoms with Crippen LogP contribution in [0.2, 0.25) is 0 Å². The molecule has 17 heteroatoms. The standard InChI is InChI=1S/C38H44N12O5/c1-6-9-14-55-31-19-24(34(39)52)17-26-33(31)47(32(42-26)20-30(51)28-15-22(4)45-49(28)7-2)12-10-11-13-48-36-27(18-25(21-41-36)35(40)53)43-38(48)44-37(54)29-16-23(5)46-50(29)8-3/h10-11,15-19,21H,6-9,12-14,20H2,1-5H3,(H2,39,52)(H2,40,53)(H,43,44,54)/b11-10+. The Hall–Kier alpha value is -6.65. The third kappa shape index (κ3) is 8.00. The molecule has 5 N–H and O–H groups in total. The van der Waals surface area contributed by atoms with Crippen molar-refractivity contribution < 1.29 is 23.9 Å². The number of hydrogen-bond donors (Lipinski definition) is 3. The van der Waals surface area contributed by atoms with Crippen molar-refractivity contribution in [3.8, 4) is 5.75 Å². The van der Waals surface area contributed by atoms with Crippen molar-refractivity contribution in [2.75, 3.05) is 11.9 Å². The van der Waals surface area contributed by atoms with E-state index in [1.54, 1.807) is 45.1 Å². The van der Waals surface area contributed by atoms with Crippen molar-refractivity contribution in [1.82, 2.24) is 43.6 Å². The number of nitrogens with one attached hydrogen (secondary N) is 1. The number of Topliss-reactive ketones (excluding diaryl/α,β-unsaturated/α-hetero) is 1. The van der Waals surface area contributed by atoms with Crippen LogP contribution in [0.1, 0.15) is 92.5 Å². The third-order valence-electron chi connectivity index (χ3n) is 9.00. The lowest BCUT2D eigenvalue weighted by molar-refractivity contribution is 0.0975. The smallest absolute Gasteiger partial charge is 0.276 e. The summed E-state index contributed by atoms with van der Waals surface area (Å²) < 4.78 is 13.0. The average molecular weight is 749 g/mol. The number of anilines is 1. The fourth-order valence-electron chi connectivity index (χ4n) is 6.34. The van der Waals surface area contributed by atoms with E-state index in [4.69, 9.17) is 21.2 Å². The molecule has 0 saturated carbocycles. The zero-order chi connectivity index (χ0) is 39.4. The number of rotatable bonds is 17. The van der Waals surface area contributed by atoms with Crippen LogP contribution in [0, 0.1) is 13.8 Å². The molecule has 0 fully saturated rings. The molecule has 0 unspecified atom stereocenters. The van der Waals surface area contributed by atoms with Crippen LogP contribution in [0.15, 0.2) is 48.7 Å². The Morgan fingerprint density at radius 1 is 0.800 bits per heavy atom. The van der Waals surface area contributed by atoms with Gasteiger partial charge in [-0.3, -0.25) is 38.4 Å². The Kier molecular flexibility index (Phi) is 11.2. The molecule has 0 aliphatic rings. The molecule has 0 atom stereocenters. The number of unbranched alkanes of at least 4 members (excludes halogenated alkanes) is 1. The van der Waals surface area contributed by atoms with Gasteiger partial charge in [0.25, 0.3) is 5.91 Å². The van der Waals surface area contributed by atoms with Gasteiger partial charge in [-0.1, -0.05) is 25.5 Å². The Morgan fingerprint density at radius 2 is 1.44 bits per heavy atom. The van der Waals surface area contributed by atoms with E-state index in [0.717, 1.165) is 18.5 Å². The van der Waals surface area contributed by atoms with Gasteiger partial charge in [-0.25, -0.2) is 15.0 Å². The SMILES string of the molecule is CCCCOc1cc(C(N)=O)cc2nc(CC(=O)c3cc(C)nn3CC)n(C/C=C/Cn3c(NC(=O)c4cc(C)nn4CC)nc4cc(C(N)=O)cnc43)c12. The first kappa shape index (κ1) is 38.1. The second kappa shape index (κ2) is 16.2.